The first kappa shape index (κ1) is 15.6. The molecule has 23 heavy (non-hydrogen) atoms. The monoisotopic (exact) mass is 333 g/mol. The molecule has 1 N–H and O–H groups in total. The second-order valence-corrected chi connectivity index (χ2v) is 5.88. The molecule has 6 nitrogen and oxygen atoms in total. The normalized spacial score (nSPS) is 17.3. The van der Waals surface area contributed by atoms with Crippen molar-refractivity contribution in [2.45, 2.75) is 19.4 Å². The van der Waals surface area contributed by atoms with Gasteiger partial charge in [-0.05, 0) is 12.1 Å². The molecule has 0 spiro atoms. The Morgan fingerprint density at radius 3 is 2.74 bits per heavy atom. The van der Waals surface area contributed by atoms with E-state index >= 15 is 0 Å². The first-order chi connectivity index (χ1) is 11.0. The van der Waals surface area contributed by atoms with Crippen LogP contribution in [0.5, 0.6) is 0 Å². The summed E-state index contributed by atoms with van der Waals surface area (Å²) < 4.78 is 5.50. The Kier molecular flexibility index (Phi) is 4.34. The van der Waals surface area contributed by atoms with Gasteiger partial charge in [-0.15, -0.1) is 0 Å². The van der Waals surface area contributed by atoms with Gasteiger partial charge < -0.3 is 9.64 Å². The SMILES string of the molecule is CC(=O)N1CCC(OC(=O)c2cn[nH]c2-c2ccc(Cl)cc2)C1. The summed E-state index contributed by atoms with van der Waals surface area (Å²) >= 11 is 5.88. The lowest BCUT2D eigenvalue weighted by molar-refractivity contribution is -0.128. The number of aromatic nitrogens is 2. The minimum atomic E-state index is -0.445. The zero-order valence-electron chi connectivity index (χ0n) is 12.6. The predicted octanol–water partition coefficient (Wildman–Crippen LogP) is 2.51. The van der Waals surface area contributed by atoms with Crippen molar-refractivity contribution in [1.29, 1.82) is 0 Å². The van der Waals surface area contributed by atoms with Gasteiger partial charge in [0, 0.05) is 30.5 Å². The van der Waals surface area contributed by atoms with Crippen LogP contribution in [0.3, 0.4) is 0 Å². The summed E-state index contributed by atoms with van der Waals surface area (Å²) in [5.74, 6) is -0.451. The number of halogens is 1. The molecule has 1 unspecified atom stereocenters. The summed E-state index contributed by atoms with van der Waals surface area (Å²) in [4.78, 5) is 25.4. The molecule has 1 aliphatic rings. The van der Waals surface area contributed by atoms with Crippen molar-refractivity contribution in [3.63, 3.8) is 0 Å². The number of carbonyl (C=O) groups is 2. The fraction of sp³-hybridized carbons (Fsp3) is 0.312. The summed E-state index contributed by atoms with van der Waals surface area (Å²) in [6, 6.07) is 7.10. The number of esters is 1. The number of benzene rings is 1. The molecule has 1 aliphatic heterocycles. The third-order valence-corrected chi connectivity index (χ3v) is 4.11. The largest absolute Gasteiger partial charge is 0.457 e. The molecule has 7 heteroatoms. The quantitative estimate of drug-likeness (QED) is 0.876. The zero-order chi connectivity index (χ0) is 16.4. The number of nitrogens with zero attached hydrogens (tertiary/aromatic N) is 2. The molecule has 0 radical (unpaired) electrons. The van der Waals surface area contributed by atoms with Gasteiger partial charge in [0.1, 0.15) is 11.7 Å². The number of hydrogen-bond donors (Lipinski definition) is 1. The van der Waals surface area contributed by atoms with E-state index in [9.17, 15) is 9.59 Å². The van der Waals surface area contributed by atoms with Crippen molar-refractivity contribution in [1.82, 2.24) is 15.1 Å². The maximum absolute atomic E-state index is 12.4. The van der Waals surface area contributed by atoms with Gasteiger partial charge in [0.15, 0.2) is 0 Å². The molecule has 1 aromatic heterocycles. The molecule has 1 saturated heterocycles. The van der Waals surface area contributed by atoms with Gasteiger partial charge in [0.05, 0.1) is 18.4 Å². The number of carbonyl (C=O) groups excluding carboxylic acids is 2. The van der Waals surface area contributed by atoms with Crippen LogP contribution in [0, 0.1) is 0 Å². The van der Waals surface area contributed by atoms with Gasteiger partial charge in [-0.3, -0.25) is 9.89 Å². The van der Waals surface area contributed by atoms with Crippen LogP contribution < -0.4 is 0 Å². The van der Waals surface area contributed by atoms with E-state index in [0.717, 1.165) is 5.56 Å². The maximum atomic E-state index is 12.4. The van der Waals surface area contributed by atoms with Crippen LogP contribution in [0.1, 0.15) is 23.7 Å². The Morgan fingerprint density at radius 1 is 1.35 bits per heavy atom. The molecule has 2 heterocycles. The molecule has 1 aromatic carbocycles. The van der Waals surface area contributed by atoms with Crippen LogP contribution in [0.25, 0.3) is 11.3 Å². The average molecular weight is 334 g/mol. The number of aromatic amines is 1. The minimum absolute atomic E-state index is 0.00582. The van der Waals surface area contributed by atoms with E-state index in [1.165, 1.54) is 13.1 Å². The first-order valence-electron chi connectivity index (χ1n) is 7.30. The summed E-state index contributed by atoms with van der Waals surface area (Å²) in [5, 5.41) is 7.37. The van der Waals surface area contributed by atoms with Crippen LogP contribution in [0.15, 0.2) is 30.5 Å². The summed E-state index contributed by atoms with van der Waals surface area (Å²) in [5.41, 5.74) is 1.76. The second-order valence-electron chi connectivity index (χ2n) is 5.45. The molecule has 0 bridgehead atoms. The lowest BCUT2D eigenvalue weighted by atomic mass is 10.1. The fourth-order valence-electron chi connectivity index (χ4n) is 2.60. The minimum Gasteiger partial charge on any atom is -0.457 e. The highest BCUT2D eigenvalue weighted by Gasteiger charge is 2.28. The molecule has 1 fully saturated rings. The van der Waals surface area contributed by atoms with E-state index in [0.29, 0.717) is 35.8 Å². The van der Waals surface area contributed by atoms with Crippen molar-refractivity contribution in [2.75, 3.05) is 13.1 Å². The van der Waals surface area contributed by atoms with Crippen LogP contribution in [-0.4, -0.2) is 46.2 Å². The van der Waals surface area contributed by atoms with Crippen LogP contribution in [-0.2, 0) is 9.53 Å². The highest BCUT2D eigenvalue weighted by atomic mass is 35.5. The standard InChI is InChI=1S/C16H16ClN3O3/c1-10(21)20-7-6-13(9-20)23-16(22)14-8-18-19-15(14)11-2-4-12(17)5-3-11/h2-5,8,13H,6-7,9H2,1H3,(H,18,19). The van der Waals surface area contributed by atoms with Gasteiger partial charge in [-0.1, -0.05) is 23.7 Å². The second kappa shape index (κ2) is 6.42. The van der Waals surface area contributed by atoms with Crippen LogP contribution in [0.4, 0.5) is 0 Å². The molecule has 1 amide bonds. The molecule has 1 atom stereocenters. The Morgan fingerprint density at radius 2 is 2.09 bits per heavy atom. The number of H-pyrrole nitrogens is 1. The van der Waals surface area contributed by atoms with Crippen molar-refractivity contribution >= 4 is 23.5 Å². The molecular weight excluding hydrogens is 318 g/mol. The van der Waals surface area contributed by atoms with E-state index in [1.54, 1.807) is 29.2 Å². The Balaban J connectivity index is 1.73. The molecule has 0 aliphatic carbocycles. The van der Waals surface area contributed by atoms with Crippen molar-refractivity contribution < 1.29 is 14.3 Å². The van der Waals surface area contributed by atoms with E-state index in [1.807, 2.05) is 0 Å². The van der Waals surface area contributed by atoms with Gasteiger partial charge in [-0.25, -0.2) is 4.79 Å². The van der Waals surface area contributed by atoms with Gasteiger partial charge in [0.25, 0.3) is 0 Å². The van der Waals surface area contributed by atoms with E-state index in [4.69, 9.17) is 16.3 Å². The topological polar surface area (TPSA) is 75.3 Å². The molecule has 0 saturated carbocycles. The predicted molar refractivity (Wildman–Crippen MR) is 85.1 cm³/mol. The number of amides is 1. The summed E-state index contributed by atoms with van der Waals surface area (Å²) in [6.45, 7) is 2.57. The number of ether oxygens (including phenoxy) is 1. The zero-order valence-corrected chi connectivity index (χ0v) is 13.3. The number of hydrogen-bond acceptors (Lipinski definition) is 4. The molecule has 120 valence electrons. The first-order valence-corrected chi connectivity index (χ1v) is 7.68. The number of likely N-dealkylation sites (tertiary alicyclic amines) is 1. The van der Waals surface area contributed by atoms with Gasteiger partial charge in [0.2, 0.25) is 5.91 Å². The summed E-state index contributed by atoms with van der Waals surface area (Å²) in [6.07, 6.45) is 1.82. The van der Waals surface area contributed by atoms with Crippen molar-refractivity contribution in [3.05, 3.63) is 41.0 Å². The lowest BCUT2D eigenvalue weighted by Gasteiger charge is -2.14. The van der Waals surface area contributed by atoms with Gasteiger partial charge in [-0.2, -0.15) is 5.10 Å². The molecule has 3 rings (SSSR count). The molecule has 2 aromatic rings. The fourth-order valence-corrected chi connectivity index (χ4v) is 2.73. The smallest absolute Gasteiger partial charge is 0.342 e. The molecular formula is C16H16ClN3O3. The van der Waals surface area contributed by atoms with Crippen LogP contribution in [0.2, 0.25) is 5.02 Å². The third kappa shape index (κ3) is 3.37. The Labute approximate surface area is 138 Å². The van der Waals surface area contributed by atoms with E-state index < -0.39 is 5.97 Å². The number of rotatable bonds is 3. The van der Waals surface area contributed by atoms with Crippen molar-refractivity contribution in [3.8, 4) is 11.3 Å². The Bertz CT molecular complexity index is 726. The van der Waals surface area contributed by atoms with Crippen molar-refractivity contribution in [2.24, 2.45) is 0 Å². The maximum Gasteiger partial charge on any atom is 0.342 e. The summed E-state index contributed by atoms with van der Waals surface area (Å²) in [7, 11) is 0. The van der Waals surface area contributed by atoms with E-state index in [2.05, 4.69) is 10.2 Å². The highest BCUT2D eigenvalue weighted by Crippen LogP contribution is 2.24. The number of nitrogens with one attached hydrogen (secondary N) is 1. The lowest BCUT2D eigenvalue weighted by Crippen LogP contribution is -2.28. The third-order valence-electron chi connectivity index (χ3n) is 3.86. The highest BCUT2D eigenvalue weighted by molar-refractivity contribution is 6.30. The average Bonchev–Trinajstić information content (AvgIpc) is 3.16. The van der Waals surface area contributed by atoms with Gasteiger partial charge >= 0.3 is 5.97 Å². The van der Waals surface area contributed by atoms with E-state index in [-0.39, 0.29) is 12.0 Å². The Hall–Kier alpha value is -2.34. The van der Waals surface area contributed by atoms with Crippen LogP contribution >= 0.6 is 11.6 Å².